The number of benzene rings is 1. The van der Waals surface area contributed by atoms with E-state index in [0.29, 0.717) is 5.52 Å². The minimum Gasteiger partial charge on any atom is -0.306 e. The number of rotatable bonds is 2. The normalized spacial score (nSPS) is 16.6. The van der Waals surface area contributed by atoms with E-state index in [2.05, 4.69) is 10.4 Å². The predicted octanol–water partition coefficient (Wildman–Crippen LogP) is 3.07. The fraction of sp³-hybridized carbons (Fsp3) is 0.417. The fourth-order valence-corrected chi connectivity index (χ4v) is 2.46. The van der Waals surface area contributed by atoms with E-state index < -0.39 is 11.7 Å². The summed E-state index contributed by atoms with van der Waals surface area (Å²) in [5.74, 6) is 5.66. The van der Waals surface area contributed by atoms with Gasteiger partial charge in [0.2, 0.25) is 5.95 Å². The second-order valence-corrected chi connectivity index (χ2v) is 4.71. The molecule has 4 nitrogen and oxygen atoms in total. The molecule has 3 rings (SSSR count). The predicted molar refractivity (Wildman–Crippen MR) is 65.4 cm³/mol. The van der Waals surface area contributed by atoms with E-state index in [4.69, 9.17) is 5.84 Å². The van der Waals surface area contributed by atoms with E-state index in [9.17, 15) is 13.2 Å². The molecule has 3 N–H and O–H groups in total. The third kappa shape index (κ3) is 1.85. The molecule has 0 atom stereocenters. The number of nitrogens with two attached hydrogens (primary N) is 1. The summed E-state index contributed by atoms with van der Waals surface area (Å²) in [6.07, 6.45) is -1.45. The average molecular weight is 270 g/mol. The van der Waals surface area contributed by atoms with Crippen molar-refractivity contribution in [3.63, 3.8) is 0 Å². The van der Waals surface area contributed by atoms with Crippen LogP contribution in [0.4, 0.5) is 19.1 Å². The second-order valence-electron chi connectivity index (χ2n) is 4.71. The smallest absolute Gasteiger partial charge is 0.306 e. The van der Waals surface area contributed by atoms with Gasteiger partial charge in [0, 0.05) is 6.04 Å². The zero-order valence-electron chi connectivity index (χ0n) is 10.0. The number of fused-ring (bicyclic) bond motifs is 1. The highest BCUT2D eigenvalue weighted by Gasteiger charge is 2.35. The van der Waals surface area contributed by atoms with Crippen molar-refractivity contribution >= 4 is 17.0 Å². The van der Waals surface area contributed by atoms with Gasteiger partial charge in [0.1, 0.15) is 5.52 Å². The Balaban J connectivity index is 2.25. The summed E-state index contributed by atoms with van der Waals surface area (Å²) >= 11 is 0. The molecule has 0 unspecified atom stereocenters. The molecular formula is C12H13F3N4. The standard InChI is InChI=1S/C12H13F3N4/c13-12(14,15)8-5-2-6-9-10(8)17-11(18-16)19(9)7-3-1-4-7/h2,5-7H,1,3-4,16H2,(H,17,18). The van der Waals surface area contributed by atoms with Crippen LogP contribution in [0.25, 0.3) is 11.0 Å². The number of nitrogen functional groups attached to an aromatic ring is 1. The van der Waals surface area contributed by atoms with Crippen LogP contribution in [0, 0.1) is 0 Å². The van der Waals surface area contributed by atoms with Gasteiger partial charge >= 0.3 is 6.18 Å². The zero-order chi connectivity index (χ0) is 13.6. The highest BCUT2D eigenvalue weighted by Crippen LogP contribution is 2.40. The van der Waals surface area contributed by atoms with E-state index in [-0.39, 0.29) is 17.5 Å². The van der Waals surface area contributed by atoms with Crippen molar-refractivity contribution < 1.29 is 13.2 Å². The first-order chi connectivity index (χ1) is 9.02. The van der Waals surface area contributed by atoms with Gasteiger partial charge < -0.3 is 4.57 Å². The fourth-order valence-electron chi connectivity index (χ4n) is 2.46. The number of nitrogens with one attached hydrogen (secondary N) is 1. The van der Waals surface area contributed by atoms with Gasteiger partial charge in [-0.15, -0.1) is 0 Å². The maximum atomic E-state index is 13.0. The molecule has 1 heterocycles. The Bertz CT molecular complexity index is 613. The van der Waals surface area contributed by atoms with Crippen LogP contribution in [0.1, 0.15) is 30.9 Å². The van der Waals surface area contributed by atoms with Gasteiger partial charge in [-0.25, -0.2) is 10.8 Å². The third-order valence-corrected chi connectivity index (χ3v) is 3.59. The Morgan fingerprint density at radius 3 is 2.58 bits per heavy atom. The molecule has 1 aliphatic carbocycles. The summed E-state index contributed by atoms with van der Waals surface area (Å²) in [4.78, 5) is 4.01. The monoisotopic (exact) mass is 270 g/mol. The molecule has 1 aromatic carbocycles. The lowest BCUT2D eigenvalue weighted by molar-refractivity contribution is -0.136. The van der Waals surface area contributed by atoms with Crippen LogP contribution >= 0.6 is 0 Å². The lowest BCUT2D eigenvalue weighted by Gasteiger charge is -2.28. The SMILES string of the molecule is NNc1nc2c(C(F)(F)F)cccc2n1C1CCC1. The van der Waals surface area contributed by atoms with Gasteiger partial charge in [-0.1, -0.05) is 6.07 Å². The summed E-state index contributed by atoms with van der Waals surface area (Å²) < 4.78 is 40.6. The van der Waals surface area contributed by atoms with Gasteiger partial charge in [-0.3, -0.25) is 5.43 Å². The van der Waals surface area contributed by atoms with Crippen LogP contribution in [0.5, 0.6) is 0 Å². The molecule has 102 valence electrons. The van der Waals surface area contributed by atoms with Gasteiger partial charge in [0.15, 0.2) is 0 Å². The Labute approximate surface area is 107 Å². The summed E-state index contributed by atoms with van der Waals surface area (Å²) in [7, 11) is 0. The van der Waals surface area contributed by atoms with E-state index in [1.165, 1.54) is 6.07 Å². The van der Waals surface area contributed by atoms with Gasteiger partial charge in [0.05, 0.1) is 11.1 Å². The molecule has 0 radical (unpaired) electrons. The quantitative estimate of drug-likeness (QED) is 0.651. The zero-order valence-corrected chi connectivity index (χ0v) is 10.0. The first-order valence-corrected chi connectivity index (χ1v) is 6.07. The van der Waals surface area contributed by atoms with E-state index in [1.807, 2.05) is 0 Å². The summed E-state index contributed by atoms with van der Waals surface area (Å²) in [6, 6.07) is 4.28. The molecule has 0 aliphatic heterocycles. The highest BCUT2D eigenvalue weighted by molar-refractivity contribution is 5.82. The van der Waals surface area contributed by atoms with Crippen LogP contribution in [0.15, 0.2) is 18.2 Å². The third-order valence-electron chi connectivity index (χ3n) is 3.59. The molecule has 19 heavy (non-hydrogen) atoms. The van der Waals surface area contributed by atoms with Crippen LogP contribution in [0.3, 0.4) is 0 Å². The van der Waals surface area contributed by atoms with Crippen LogP contribution in [-0.4, -0.2) is 9.55 Å². The van der Waals surface area contributed by atoms with Gasteiger partial charge in [-0.05, 0) is 31.4 Å². The molecule has 0 amide bonds. The van der Waals surface area contributed by atoms with Crippen LogP contribution in [-0.2, 0) is 6.18 Å². The van der Waals surface area contributed by atoms with Crippen molar-refractivity contribution in [1.29, 1.82) is 0 Å². The van der Waals surface area contributed by atoms with Gasteiger partial charge in [0.25, 0.3) is 0 Å². The van der Waals surface area contributed by atoms with Crippen molar-refractivity contribution in [3.05, 3.63) is 23.8 Å². The lowest BCUT2D eigenvalue weighted by atomic mass is 9.92. The molecular weight excluding hydrogens is 257 g/mol. The summed E-state index contributed by atoms with van der Waals surface area (Å²) in [6.45, 7) is 0. The largest absolute Gasteiger partial charge is 0.418 e. The van der Waals surface area contributed by atoms with E-state index >= 15 is 0 Å². The molecule has 1 aliphatic rings. The molecule has 2 aromatic rings. The minimum atomic E-state index is -4.41. The molecule has 0 saturated heterocycles. The number of alkyl halides is 3. The summed E-state index contributed by atoms with van der Waals surface area (Å²) in [5.41, 5.74) is 2.11. The lowest BCUT2D eigenvalue weighted by Crippen LogP contribution is -2.21. The Hall–Kier alpha value is -1.76. The maximum Gasteiger partial charge on any atom is 0.418 e. The first-order valence-electron chi connectivity index (χ1n) is 6.07. The van der Waals surface area contributed by atoms with Crippen molar-refractivity contribution in [2.45, 2.75) is 31.5 Å². The Kier molecular flexibility index (Phi) is 2.67. The minimum absolute atomic E-state index is 0.0464. The number of para-hydroxylation sites is 1. The van der Waals surface area contributed by atoms with Crippen molar-refractivity contribution in [2.24, 2.45) is 5.84 Å². The van der Waals surface area contributed by atoms with Crippen molar-refractivity contribution in [1.82, 2.24) is 9.55 Å². The number of aromatic nitrogens is 2. The van der Waals surface area contributed by atoms with Crippen LogP contribution in [0.2, 0.25) is 0 Å². The molecule has 7 heteroatoms. The maximum absolute atomic E-state index is 13.0. The topological polar surface area (TPSA) is 55.9 Å². The van der Waals surface area contributed by atoms with E-state index in [0.717, 1.165) is 25.3 Å². The number of hydrogen-bond acceptors (Lipinski definition) is 3. The number of halogens is 3. The molecule has 0 spiro atoms. The highest BCUT2D eigenvalue weighted by atomic mass is 19.4. The molecule has 1 fully saturated rings. The summed E-state index contributed by atoms with van der Waals surface area (Å²) in [5, 5.41) is 0. The first kappa shape index (κ1) is 12.3. The molecule has 0 bridgehead atoms. The Morgan fingerprint density at radius 1 is 1.32 bits per heavy atom. The Morgan fingerprint density at radius 2 is 2.05 bits per heavy atom. The second kappa shape index (κ2) is 4.12. The number of nitrogens with zero attached hydrogens (tertiary/aromatic N) is 2. The average Bonchev–Trinajstić information content (AvgIpc) is 2.64. The number of anilines is 1. The molecule has 1 saturated carbocycles. The van der Waals surface area contributed by atoms with Gasteiger partial charge in [-0.2, -0.15) is 13.2 Å². The molecule has 1 aromatic heterocycles. The number of hydrogen-bond donors (Lipinski definition) is 2. The van der Waals surface area contributed by atoms with Crippen molar-refractivity contribution in [3.8, 4) is 0 Å². The van der Waals surface area contributed by atoms with Crippen LogP contribution < -0.4 is 11.3 Å². The van der Waals surface area contributed by atoms with Crippen molar-refractivity contribution in [2.75, 3.05) is 5.43 Å². The number of imidazole rings is 1. The van der Waals surface area contributed by atoms with E-state index in [1.54, 1.807) is 10.6 Å². The number of hydrazine groups is 1.